The summed E-state index contributed by atoms with van der Waals surface area (Å²) in [6.07, 6.45) is 3.99. The first-order chi connectivity index (χ1) is 8.67. The number of hydrogen-bond acceptors (Lipinski definition) is 2. The minimum absolute atomic E-state index is 0.260. The van der Waals surface area contributed by atoms with E-state index in [2.05, 4.69) is 50.4 Å². The molecule has 2 unspecified atom stereocenters. The van der Waals surface area contributed by atoms with Gasteiger partial charge in [-0.2, -0.15) is 0 Å². The molecule has 0 aliphatic heterocycles. The highest BCUT2D eigenvalue weighted by atomic mass is 16.5. The predicted octanol–water partition coefficient (Wildman–Crippen LogP) is 3.71. The third-order valence-corrected chi connectivity index (χ3v) is 3.41. The zero-order valence-electron chi connectivity index (χ0n) is 12.2. The van der Waals surface area contributed by atoms with Crippen LogP contribution in [-0.2, 0) is 11.2 Å². The van der Waals surface area contributed by atoms with Gasteiger partial charge in [-0.05, 0) is 37.8 Å². The number of unbranched alkanes of at least 4 members (excludes halogenated alkanes) is 1. The van der Waals surface area contributed by atoms with Crippen LogP contribution in [-0.4, -0.2) is 19.8 Å². The Bertz CT molecular complexity index is 320. The van der Waals surface area contributed by atoms with Crippen molar-refractivity contribution in [1.82, 2.24) is 5.32 Å². The normalized spacial score (nSPS) is 14.4. The van der Waals surface area contributed by atoms with Crippen molar-refractivity contribution in [3.63, 3.8) is 0 Å². The second-order valence-electron chi connectivity index (χ2n) is 5.02. The van der Waals surface area contributed by atoms with Crippen LogP contribution in [0.4, 0.5) is 0 Å². The van der Waals surface area contributed by atoms with Crippen LogP contribution in [0, 0.1) is 0 Å². The number of ether oxygens (including phenoxy) is 1. The average molecular weight is 249 g/mol. The number of rotatable bonds is 8. The number of hydrogen-bond donors (Lipinski definition) is 1. The summed E-state index contributed by atoms with van der Waals surface area (Å²) in [5.41, 5.74) is 2.79. The van der Waals surface area contributed by atoms with Gasteiger partial charge in [0.2, 0.25) is 0 Å². The Morgan fingerprint density at radius 2 is 1.83 bits per heavy atom. The van der Waals surface area contributed by atoms with Crippen molar-refractivity contribution in [3.05, 3.63) is 35.4 Å². The van der Waals surface area contributed by atoms with Crippen molar-refractivity contribution < 1.29 is 4.74 Å². The third kappa shape index (κ3) is 5.19. The maximum Gasteiger partial charge on any atom is 0.0667 e. The summed E-state index contributed by atoms with van der Waals surface area (Å²) in [5, 5.41) is 3.49. The van der Waals surface area contributed by atoms with E-state index in [0.717, 1.165) is 6.54 Å². The molecule has 1 N–H and O–H groups in total. The van der Waals surface area contributed by atoms with Gasteiger partial charge < -0.3 is 10.1 Å². The van der Waals surface area contributed by atoms with Gasteiger partial charge in [0.1, 0.15) is 0 Å². The third-order valence-electron chi connectivity index (χ3n) is 3.41. The molecular weight excluding hydrogens is 222 g/mol. The second-order valence-corrected chi connectivity index (χ2v) is 5.02. The first kappa shape index (κ1) is 15.2. The molecule has 0 amide bonds. The van der Waals surface area contributed by atoms with E-state index in [4.69, 9.17) is 4.74 Å². The summed E-state index contributed by atoms with van der Waals surface area (Å²) < 4.78 is 5.24. The van der Waals surface area contributed by atoms with E-state index in [1.54, 1.807) is 7.11 Å². The summed E-state index contributed by atoms with van der Waals surface area (Å²) >= 11 is 0. The number of nitrogens with one attached hydrogen (secondary N) is 1. The summed E-state index contributed by atoms with van der Waals surface area (Å²) in [5.74, 6) is 0. The highest BCUT2D eigenvalue weighted by Crippen LogP contribution is 2.14. The second kappa shape index (κ2) is 8.28. The van der Waals surface area contributed by atoms with E-state index in [1.165, 1.54) is 30.4 Å². The van der Waals surface area contributed by atoms with E-state index < -0.39 is 0 Å². The first-order valence-electron chi connectivity index (χ1n) is 7.02. The highest BCUT2D eigenvalue weighted by molar-refractivity contribution is 5.24. The standard InChI is InChI=1S/C16H27NO/c1-5-6-7-15-8-10-16(11-9-15)14(3)17-12-13(2)18-4/h8-11,13-14,17H,5-7,12H2,1-4H3. The SMILES string of the molecule is CCCCc1ccc(C(C)NCC(C)OC)cc1. The molecule has 102 valence electrons. The van der Waals surface area contributed by atoms with E-state index in [9.17, 15) is 0 Å². The molecule has 0 radical (unpaired) electrons. The maximum atomic E-state index is 5.24. The van der Waals surface area contributed by atoms with Gasteiger partial charge in [-0.3, -0.25) is 0 Å². The molecule has 0 aromatic heterocycles. The van der Waals surface area contributed by atoms with Crippen LogP contribution < -0.4 is 5.32 Å². The van der Waals surface area contributed by atoms with E-state index in [0.29, 0.717) is 6.04 Å². The molecule has 0 aliphatic carbocycles. The molecule has 2 nitrogen and oxygen atoms in total. The first-order valence-corrected chi connectivity index (χ1v) is 7.02. The van der Waals surface area contributed by atoms with Crippen molar-refractivity contribution in [2.75, 3.05) is 13.7 Å². The highest BCUT2D eigenvalue weighted by Gasteiger charge is 2.06. The van der Waals surface area contributed by atoms with Crippen LogP contribution in [0.5, 0.6) is 0 Å². The maximum absolute atomic E-state index is 5.24. The summed E-state index contributed by atoms with van der Waals surface area (Å²) in [7, 11) is 1.75. The molecule has 0 spiro atoms. The lowest BCUT2D eigenvalue weighted by Crippen LogP contribution is -2.28. The monoisotopic (exact) mass is 249 g/mol. The van der Waals surface area contributed by atoms with Crippen LogP contribution in [0.25, 0.3) is 0 Å². The Morgan fingerprint density at radius 1 is 1.17 bits per heavy atom. The zero-order chi connectivity index (χ0) is 13.4. The molecule has 0 saturated heterocycles. The molecule has 1 aromatic carbocycles. The van der Waals surface area contributed by atoms with E-state index in [1.807, 2.05) is 0 Å². The van der Waals surface area contributed by atoms with Crippen LogP contribution in [0.2, 0.25) is 0 Å². The molecule has 2 heteroatoms. The number of methoxy groups -OCH3 is 1. The lowest BCUT2D eigenvalue weighted by Gasteiger charge is -2.17. The molecule has 0 aliphatic rings. The average Bonchev–Trinajstić information content (AvgIpc) is 2.42. The van der Waals surface area contributed by atoms with Gasteiger partial charge in [0.25, 0.3) is 0 Å². The fraction of sp³-hybridized carbons (Fsp3) is 0.625. The molecule has 1 aromatic rings. The van der Waals surface area contributed by atoms with Gasteiger partial charge in [-0.1, -0.05) is 37.6 Å². The quantitative estimate of drug-likeness (QED) is 0.758. The van der Waals surface area contributed by atoms with Crippen molar-refractivity contribution in [2.45, 2.75) is 52.2 Å². The minimum Gasteiger partial charge on any atom is -0.380 e. The van der Waals surface area contributed by atoms with Gasteiger partial charge in [0.15, 0.2) is 0 Å². The summed E-state index contributed by atoms with van der Waals surface area (Å²) in [4.78, 5) is 0. The summed E-state index contributed by atoms with van der Waals surface area (Å²) in [6, 6.07) is 9.36. The Morgan fingerprint density at radius 3 is 2.39 bits per heavy atom. The molecule has 0 heterocycles. The van der Waals surface area contributed by atoms with Gasteiger partial charge >= 0.3 is 0 Å². The molecule has 18 heavy (non-hydrogen) atoms. The molecule has 0 saturated carbocycles. The Kier molecular flexibility index (Phi) is 6.99. The Hall–Kier alpha value is -0.860. The van der Waals surface area contributed by atoms with Crippen molar-refractivity contribution >= 4 is 0 Å². The van der Waals surface area contributed by atoms with E-state index >= 15 is 0 Å². The van der Waals surface area contributed by atoms with Crippen LogP contribution in [0.1, 0.15) is 50.8 Å². The van der Waals surface area contributed by atoms with Gasteiger partial charge in [0, 0.05) is 19.7 Å². The summed E-state index contributed by atoms with van der Waals surface area (Å²) in [6.45, 7) is 7.39. The molecule has 2 atom stereocenters. The number of benzene rings is 1. The smallest absolute Gasteiger partial charge is 0.0667 e. The molecule has 0 bridgehead atoms. The molecular formula is C16H27NO. The van der Waals surface area contributed by atoms with Gasteiger partial charge in [-0.15, -0.1) is 0 Å². The van der Waals surface area contributed by atoms with Crippen LogP contribution >= 0.6 is 0 Å². The molecule has 1 rings (SSSR count). The fourth-order valence-electron chi connectivity index (χ4n) is 1.90. The van der Waals surface area contributed by atoms with Gasteiger partial charge in [-0.25, -0.2) is 0 Å². The fourth-order valence-corrected chi connectivity index (χ4v) is 1.90. The van der Waals surface area contributed by atoms with Crippen LogP contribution in [0.3, 0.4) is 0 Å². The van der Waals surface area contributed by atoms with Crippen molar-refractivity contribution in [1.29, 1.82) is 0 Å². The van der Waals surface area contributed by atoms with Crippen molar-refractivity contribution in [3.8, 4) is 0 Å². The topological polar surface area (TPSA) is 21.3 Å². The Labute approximate surface area is 112 Å². The van der Waals surface area contributed by atoms with Crippen LogP contribution in [0.15, 0.2) is 24.3 Å². The number of aryl methyl sites for hydroxylation is 1. The van der Waals surface area contributed by atoms with Crippen molar-refractivity contribution in [2.24, 2.45) is 0 Å². The lowest BCUT2D eigenvalue weighted by atomic mass is 10.0. The zero-order valence-corrected chi connectivity index (χ0v) is 12.2. The predicted molar refractivity (Wildman–Crippen MR) is 77.9 cm³/mol. The minimum atomic E-state index is 0.260. The lowest BCUT2D eigenvalue weighted by molar-refractivity contribution is 0.115. The van der Waals surface area contributed by atoms with Gasteiger partial charge in [0.05, 0.1) is 6.10 Å². The largest absolute Gasteiger partial charge is 0.380 e. The molecule has 0 fully saturated rings. The van der Waals surface area contributed by atoms with E-state index in [-0.39, 0.29) is 6.10 Å². The Balaban J connectivity index is 2.45.